The van der Waals surface area contributed by atoms with Crippen molar-refractivity contribution >= 4 is 34.6 Å². The molecule has 0 fully saturated rings. The largest absolute Gasteiger partial charge is 0.398 e. The van der Waals surface area contributed by atoms with Gasteiger partial charge in [-0.1, -0.05) is 12.1 Å². The quantitative estimate of drug-likeness (QED) is 0.422. The Morgan fingerprint density at radius 1 is 1.08 bits per heavy atom. The second-order valence-electron chi connectivity index (χ2n) is 6.04. The van der Waals surface area contributed by atoms with E-state index in [4.69, 9.17) is 5.73 Å². The molecule has 0 bridgehead atoms. The standard InChI is InChI=1S/C19H23N5O2/c1-13(22-23-19(26)16-6-4-5-7-17(16)20)12-18(25)21-14-8-10-15(11-9-14)24(2)3/h4-11H,12,20H2,1-3H3,(H,21,25)(H,23,26). The molecule has 0 aromatic heterocycles. The number of benzene rings is 2. The van der Waals surface area contributed by atoms with Crippen LogP contribution in [0.5, 0.6) is 0 Å². The lowest BCUT2D eigenvalue weighted by Crippen LogP contribution is -2.22. The SMILES string of the molecule is CC(CC(=O)Nc1ccc(N(C)C)cc1)=NNC(=O)c1ccccc1N. The molecule has 2 rings (SSSR count). The summed E-state index contributed by atoms with van der Waals surface area (Å²) in [5, 5.41) is 6.75. The first kappa shape index (κ1) is 19.0. The number of hydrogen-bond acceptors (Lipinski definition) is 5. The molecule has 0 aliphatic carbocycles. The minimum atomic E-state index is -0.415. The van der Waals surface area contributed by atoms with Crippen LogP contribution in [0.15, 0.2) is 53.6 Å². The predicted molar refractivity (Wildman–Crippen MR) is 105 cm³/mol. The third-order valence-electron chi connectivity index (χ3n) is 3.64. The third kappa shape index (κ3) is 5.34. The molecule has 2 amide bonds. The van der Waals surface area contributed by atoms with E-state index in [0.717, 1.165) is 5.69 Å². The highest BCUT2D eigenvalue weighted by molar-refractivity contribution is 6.06. The van der Waals surface area contributed by atoms with Gasteiger partial charge in [0.25, 0.3) is 5.91 Å². The summed E-state index contributed by atoms with van der Waals surface area (Å²) in [7, 11) is 3.90. The van der Waals surface area contributed by atoms with Gasteiger partial charge in [-0.25, -0.2) is 5.43 Å². The number of rotatable bonds is 6. The Balaban J connectivity index is 1.89. The van der Waals surface area contributed by atoms with Gasteiger partial charge in [-0.2, -0.15) is 5.10 Å². The first-order chi connectivity index (χ1) is 12.4. The van der Waals surface area contributed by atoms with Crippen LogP contribution in [-0.2, 0) is 4.79 Å². The lowest BCUT2D eigenvalue weighted by atomic mass is 10.2. The van der Waals surface area contributed by atoms with Gasteiger partial charge in [0.1, 0.15) is 0 Å². The average molecular weight is 353 g/mol. The maximum Gasteiger partial charge on any atom is 0.273 e. The van der Waals surface area contributed by atoms with E-state index in [1.807, 2.05) is 43.3 Å². The summed E-state index contributed by atoms with van der Waals surface area (Å²) in [6, 6.07) is 14.2. The summed E-state index contributed by atoms with van der Waals surface area (Å²) < 4.78 is 0. The summed E-state index contributed by atoms with van der Waals surface area (Å²) in [5.41, 5.74) is 11.1. The molecular weight excluding hydrogens is 330 g/mol. The average Bonchev–Trinajstić information content (AvgIpc) is 2.60. The molecule has 0 atom stereocenters. The van der Waals surface area contributed by atoms with Crippen LogP contribution in [-0.4, -0.2) is 31.6 Å². The number of para-hydroxylation sites is 1. The molecular formula is C19H23N5O2. The normalized spacial score (nSPS) is 11.0. The number of carbonyl (C=O) groups excluding carboxylic acids is 2. The Labute approximate surface area is 152 Å². The number of carbonyl (C=O) groups is 2. The molecule has 0 saturated carbocycles. The molecule has 7 heteroatoms. The summed E-state index contributed by atoms with van der Waals surface area (Å²) >= 11 is 0. The van der Waals surface area contributed by atoms with Crippen molar-refractivity contribution in [3.63, 3.8) is 0 Å². The van der Waals surface area contributed by atoms with Crippen LogP contribution in [0.2, 0.25) is 0 Å². The van der Waals surface area contributed by atoms with Crippen molar-refractivity contribution in [2.45, 2.75) is 13.3 Å². The predicted octanol–water partition coefficient (Wildman–Crippen LogP) is 2.47. The van der Waals surface area contributed by atoms with Crippen molar-refractivity contribution in [3.8, 4) is 0 Å². The number of anilines is 3. The summed E-state index contributed by atoms with van der Waals surface area (Å²) in [4.78, 5) is 26.1. The molecule has 0 aliphatic rings. The lowest BCUT2D eigenvalue weighted by molar-refractivity contribution is -0.115. The van der Waals surface area contributed by atoms with Gasteiger partial charge in [0.2, 0.25) is 5.91 Å². The molecule has 7 nitrogen and oxygen atoms in total. The van der Waals surface area contributed by atoms with E-state index in [1.54, 1.807) is 31.2 Å². The second kappa shape index (κ2) is 8.66. The molecule has 0 heterocycles. The fourth-order valence-electron chi connectivity index (χ4n) is 2.23. The number of nitrogens with one attached hydrogen (secondary N) is 2. The monoisotopic (exact) mass is 353 g/mol. The first-order valence-corrected chi connectivity index (χ1v) is 8.12. The van der Waals surface area contributed by atoms with Crippen LogP contribution >= 0.6 is 0 Å². The van der Waals surface area contributed by atoms with Gasteiger partial charge in [0.15, 0.2) is 0 Å². The van der Waals surface area contributed by atoms with Crippen LogP contribution in [0.4, 0.5) is 17.1 Å². The molecule has 0 spiro atoms. The molecule has 2 aromatic carbocycles. The molecule has 0 radical (unpaired) electrons. The van der Waals surface area contributed by atoms with Gasteiger partial charge < -0.3 is 16.0 Å². The maximum absolute atomic E-state index is 12.1. The van der Waals surface area contributed by atoms with Crippen molar-refractivity contribution in [1.82, 2.24) is 5.43 Å². The number of amides is 2. The second-order valence-corrected chi connectivity index (χ2v) is 6.04. The van der Waals surface area contributed by atoms with E-state index in [0.29, 0.717) is 22.6 Å². The number of hydrogen-bond donors (Lipinski definition) is 3. The number of nitrogens with zero attached hydrogens (tertiary/aromatic N) is 2. The topological polar surface area (TPSA) is 99.8 Å². The molecule has 26 heavy (non-hydrogen) atoms. The van der Waals surface area contributed by atoms with Gasteiger partial charge in [-0.3, -0.25) is 9.59 Å². The fraction of sp³-hybridized carbons (Fsp3) is 0.211. The molecule has 0 saturated heterocycles. The molecule has 2 aromatic rings. The summed E-state index contributed by atoms with van der Waals surface area (Å²) in [6.45, 7) is 1.67. The van der Waals surface area contributed by atoms with Crippen molar-refractivity contribution in [2.75, 3.05) is 30.0 Å². The highest BCUT2D eigenvalue weighted by atomic mass is 16.2. The zero-order valence-electron chi connectivity index (χ0n) is 15.1. The van der Waals surface area contributed by atoms with Crippen molar-refractivity contribution in [1.29, 1.82) is 0 Å². The Hall–Kier alpha value is -3.35. The van der Waals surface area contributed by atoms with E-state index in [2.05, 4.69) is 15.8 Å². The molecule has 0 unspecified atom stereocenters. The smallest absolute Gasteiger partial charge is 0.273 e. The van der Waals surface area contributed by atoms with Gasteiger partial charge in [0, 0.05) is 36.9 Å². The van der Waals surface area contributed by atoms with Crippen LogP contribution in [0.3, 0.4) is 0 Å². The molecule has 4 N–H and O–H groups in total. The van der Waals surface area contributed by atoms with E-state index in [-0.39, 0.29) is 12.3 Å². The Morgan fingerprint density at radius 2 is 1.73 bits per heavy atom. The third-order valence-corrected chi connectivity index (χ3v) is 3.64. The van der Waals surface area contributed by atoms with Gasteiger partial charge in [-0.05, 0) is 43.3 Å². The van der Waals surface area contributed by atoms with Crippen molar-refractivity contribution in [2.24, 2.45) is 5.10 Å². The highest BCUT2D eigenvalue weighted by Gasteiger charge is 2.09. The van der Waals surface area contributed by atoms with E-state index >= 15 is 0 Å². The minimum absolute atomic E-state index is 0.0694. The van der Waals surface area contributed by atoms with E-state index < -0.39 is 5.91 Å². The number of nitrogen functional groups attached to an aromatic ring is 1. The van der Waals surface area contributed by atoms with Gasteiger partial charge in [0.05, 0.1) is 12.0 Å². The van der Waals surface area contributed by atoms with Gasteiger partial charge in [-0.15, -0.1) is 0 Å². The van der Waals surface area contributed by atoms with E-state index in [1.165, 1.54) is 0 Å². The zero-order chi connectivity index (χ0) is 19.1. The van der Waals surface area contributed by atoms with Crippen LogP contribution in [0.25, 0.3) is 0 Å². The zero-order valence-corrected chi connectivity index (χ0v) is 15.1. The van der Waals surface area contributed by atoms with Crippen LogP contribution in [0, 0.1) is 0 Å². The summed E-state index contributed by atoms with van der Waals surface area (Å²) in [5.74, 6) is -0.626. The Bertz CT molecular complexity index is 813. The maximum atomic E-state index is 12.1. The Morgan fingerprint density at radius 3 is 2.35 bits per heavy atom. The van der Waals surface area contributed by atoms with Crippen LogP contribution in [0.1, 0.15) is 23.7 Å². The van der Waals surface area contributed by atoms with Crippen molar-refractivity contribution < 1.29 is 9.59 Å². The molecule has 0 aliphatic heterocycles. The minimum Gasteiger partial charge on any atom is -0.398 e. The Kier molecular flexibility index (Phi) is 6.32. The van der Waals surface area contributed by atoms with E-state index in [9.17, 15) is 9.59 Å². The van der Waals surface area contributed by atoms with Gasteiger partial charge >= 0.3 is 0 Å². The fourth-order valence-corrected chi connectivity index (χ4v) is 2.23. The van der Waals surface area contributed by atoms with Crippen molar-refractivity contribution in [3.05, 3.63) is 54.1 Å². The molecule has 136 valence electrons. The lowest BCUT2D eigenvalue weighted by Gasteiger charge is -2.13. The van der Waals surface area contributed by atoms with Crippen LogP contribution < -0.4 is 21.4 Å². The number of hydrazone groups is 1. The summed E-state index contributed by atoms with van der Waals surface area (Å²) in [6.07, 6.45) is 0.0694. The highest BCUT2D eigenvalue weighted by Crippen LogP contribution is 2.15. The number of nitrogens with two attached hydrogens (primary N) is 1. The first-order valence-electron chi connectivity index (χ1n) is 8.12.